The van der Waals surface area contributed by atoms with Crippen LogP contribution < -0.4 is 4.90 Å². The summed E-state index contributed by atoms with van der Waals surface area (Å²) < 4.78 is 0. The highest BCUT2D eigenvalue weighted by molar-refractivity contribution is 6.03. The summed E-state index contributed by atoms with van der Waals surface area (Å²) in [5, 5.41) is 0. The van der Waals surface area contributed by atoms with E-state index >= 15 is 0 Å². The van der Waals surface area contributed by atoms with Crippen LogP contribution in [-0.2, 0) is 16.6 Å². The Morgan fingerprint density at radius 1 is 1.14 bits per heavy atom. The first-order valence-corrected chi connectivity index (χ1v) is 7.09. The number of likely N-dealkylation sites (N-methyl/N-ethyl adjacent to an activating group) is 1. The Balaban J connectivity index is 2.05. The third-order valence-electron chi connectivity index (χ3n) is 3.97. The van der Waals surface area contributed by atoms with E-state index in [4.69, 9.17) is 0 Å². The fourth-order valence-electron chi connectivity index (χ4n) is 2.54. The van der Waals surface area contributed by atoms with Crippen molar-refractivity contribution in [2.75, 3.05) is 11.9 Å². The molecule has 4 heteroatoms. The molecular weight excluding hydrogens is 262 g/mol. The maximum absolute atomic E-state index is 11.9. The second-order valence-electron chi connectivity index (χ2n) is 6.48. The van der Waals surface area contributed by atoms with E-state index in [-0.39, 0.29) is 11.3 Å². The van der Waals surface area contributed by atoms with Gasteiger partial charge >= 0.3 is 0 Å². The molecule has 0 aliphatic carbocycles. The molecule has 3 rings (SSSR count). The molecule has 0 saturated carbocycles. The number of aromatic nitrogens is 2. The van der Waals surface area contributed by atoms with Crippen molar-refractivity contribution in [2.45, 2.75) is 32.6 Å². The molecule has 0 saturated heterocycles. The largest absolute Gasteiger partial charge is 0.315 e. The van der Waals surface area contributed by atoms with Crippen LogP contribution in [0.25, 0.3) is 11.4 Å². The molecule has 1 aromatic heterocycles. The van der Waals surface area contributed by atoms with E-state index in [9.17, 15) is 4.79 Å². The summed E-state index contributed by atoms with van der Waals surface area (Å²) in [5.41, 5.74) is 4.07. The molecule has 0 radical (unpaired) electrons. The molecule has 0 N–H and O–H groups in total. The highest BCUT2D eigenvalue weighted by Gasteiger charge is 2.27. The van der Waals surface area contributed by atoms with Gasteiger partial charge in [0.2, 0.25) is 5.91 Å². The van der Waals surface area contributed by atoms with Crippen LogP contribution in [0.3, 0.4) is 0 Å². The molecule has 1 aromatic carbocycles. The molecule has 108 valence electrons. The fraction of sp³-hybridized carbons (Fsp3) is 0.353. The number of hydrogen-bond donors (Lipinski definition) is 0. The maximum Gasteiger partial charge on any atom is 0.231 e. The van der Waals surface area contributed by atoms with E-state index in [1.54, 1.807) is 4.90 Å². The molecule has 2 aromatic rings. The first-order chi connectivity index (χ1) is 9.88. The van der Waals surface area contributed by atoms with Crippen molar-refractivity contribution in [1.82, 2.24) is 9.97 Å². The van der Waals surface area contributed by atoms with Gasteiger partial charge in [-0.15, -0.1) is 0 Å². The highest BCUT2D eigenvalue weighted by Crippen LogP contribution is 2.34. The number of carbonyl (C=O) groups excluding carboxylic acids is 1. The predicted molar refractivity (Wildman–Crippen MR) is 83.3 cm³/mol. The van der Waals surface area contributed by atoms with Crippen molar-refractivity contribution in [3.63, 3.8) is 0 Å². The summed E-state index contributed by atoms with van der Waals surface area (Å²) in [4.78, 5) is 22.6. The van der Waals surface area contributed by atoms with Crippen LogP contribution in [0.5, 0.6) is 0 Å². The maximum atomic E-state index is 11.9. The van der Waals surface area contributed by atoms with Gasteiger partial charge in [-0.1, -0.05) is 32.9 Å². The van der Waals surface area contributed by atoms with E-state index in [1.807, 2.05) is 37.6 Å². The molecule has 0 fully saturated rings. The number of anilines is 1. The van der Waals surface area contributed by atoms with Gasteiger partial charge in [0, 0.05) is 30.7 Å². The van der Waals surface area contributed by atoms with Gasteiger partial charge in [-0.05, 0) is 22.6 Å². The van der Waals surface area contributed by atoms with Gasteiger partial charge in [-0.2, -0.15) is 0 Å². The number of hydrogen-bond acceptors (Lipinski definition) is 3. The smallest absolute Gasteiger partial charge is 0.231 e. The minimum atomic E-state index is 0.0351. The van der Waals surface area contributed by atoms with Crippen molar-refractivity contribution in [1.29, 1.82) is 0 Å². The number of rotatable bonds is 1. The van der Waals surface area contributed by atoms with Crippen molar-refractivity contribution < 1.29 is 4.79 Å². The molecule has 0 spiro atoms. The zero-order chi connectivity index (χ0) is 15.2. The Bertz CT molecular complexity index is 699. The van der Waals surface area contributed by atoms with Gasteiger partial charge in [0.25, 0.3) is 0 Å². The summed E-state index contributed by atoms with van der Waals surface area (Å²) in [6.45, 7) is 6.41. The molecule has 4 nitrogen and oxygen atoms in total. The van der Waals surface area contributed by atoms with Crippen LogP contribution in [0.2, 0.25) is 0 Å². The lowest BCUT2D eigenvalue weighted by atomic mass is 9.89. The number of benzene rings is 1. The van der Waals surface area contributed by atoms with E-state index in [1.165, 1.54) is 0 Å². The molecule has 0 unspecified atom stereocenters. The van der Waals surface area contributed by atoms with Gasteiger partial charge < -0.3 is 4.90 Å². The second kappa shape index (κ2) is 4.65. The Hall–Kier alpha value is -2.23. The van der Waals surface area contributed by atoms with Crippen molar-refractivity contribution in [3.8, 4) is 11.4 Å². The Labute approximate surface area is 124 Å². The van der Waals surface area contributed by atoms with Crippen LogP contribution in [0, 0.1) is 0 Å². The normalized spacial score (nSPS) is 14.5. The Morgan fingerprint density at radius 2 is 1.81 bits per heavy atom. The van der Waals surface area contributed by atoms with E-state index in [2.05, 4.69) is 30.7 Å². The molecule has 21 heavy (non-hydrogen) atoms. The summed E-state index contributed by atoms with van der Waals surface area (Å²) >= 11 is 0. The lowest BCUT2D eigenvalue weighted by Crippen LogP contribution is -2.20. The van der Waals surface area contributed by atoms with Crippen molar-refractivity contribution in [2.24, 2.45) is 0 Å². The zero-order valence-corrected chi connectivity index (χ0v) is 12.8. The summed E-state index contributed by atoms with van der Waals surface area (Å²) in [5.74, 6) is 0.798. The van der Waals surface area contributed by atoms with E-state index in [0.29, 0.717) is 12.2 Å². The topological polar surface area (TPSA) is 46.1 Å². The lowest BCUT2D eigenvalue weighted by molar-refractivity contribution is -0.117. The predicted octanol–water partition coefficient (Wildman–Crippen LogP) is 2.96. The lowest BCUT2D eigenvalue weighted by Gasteiger charge is -2.18. The average molecular weight is 281 g/mol. The Morgan fingerprint density at radius 3 is 2.43 bits per heavy atom. The average Bonchev–Trinajstić information content (AvgIpc) is 2.74. The number of carbonyl (C=O) groups is 1. The summed E-state index contributed by atoms with van der Waals surface area (Å²) in [6, 6.07) is 5.90. The molecule has 1 aliphatic heterocycles. The SMILES string of the molecule is CN1C(=O)Cc2c(-c3ncc(C(C)(C)C)cn3)cccc21. The third-order valence-corrected chi connectivity index (χ3v) is 3.97. The van der Waals surface area contributed by atoms with Gasteiger partial charge in [0.15, 0.2) is 5.82 Å². The van der Waals surface area contributed by atoms with Crippen molar-refractivity contribution >= 4 is 11.6 Å². The minimum absolute atomic E-state index is 0.0351. The molecule has 1 amide bonds. The number of fused-ring (bicyclic) bond motifs is 1. The quantitative estimate of drug-likeness (QED) is 0.807. The van der Waals surface area contributed by atoms with Gasteiger partial charge in [0.05, 0.1) is 6.42 Å². The summed E-state index contributed by atoms with van der Waals surface area (Å²) in [7, 11) is 1.81. The zero-order valence-electron chi connectivity index (χ0n) is 12.8. The van der Waals surface area contributed by atoms with Gasteiger partial charge in [0.1, 0.15) is 0 Å². The van der Waals surface area contributed by atoms with Crippen molar-refractivity contribution in [3.05, 3.63) is 41.7 Å². The van der Waals surface area contributed by atoms with Crippen LogP contribution >= 0.6 is 0 Å². The first kappa shape index (κ1) is 13.7. The number of amides is 1. The first-order valence-electron chi connectivity index (χ1n) is 7.09. The standard InChI is InChI=1S/C17H19N3O/c1-17(2,3)11-9-18-16(19-10-11)12-6-5-7-14-13(12)8-15(21)20(14)4/h5-7,9-10H,8H2,1-4H3. The molecule has 1 aliphatic rings. The van der Waals surface area contributed by atoms with Crippen LogP contribution in [-0.4, -0.2) is 22.9 Å². The van der Waals surface area contributed by atoms with Crippen LogP contribution in [0.15, 0.2) is 30.6 Å². The highest BCUT2D eigenvalue weighted by atomic mass is 16.2. The van der Waals surface area contributed by atoms with Gasteiger partial charge in [-0.3, -0.25) is 4.79 Å². The van der Waals surface area contributed by atoms with Gasteiger partial charge in [-0.25, -0.2) is 9.97 Å². The number of nitrogens with zero attached hydrogens (tertiary/aromatic N) is 3. The summed E-state index contributed by atoms with van der Waals surface area (Å²) in [6.07, 6.45) is 4.18. The minimum Gasteiger partial charge on any atom is -0.315 e. The molecule has 0 bridgehead atoms. The fourth-order valence-corrected chi connectivity index (χ4v) is 2.54. The van der Waals surface area contributed by atoms with Crippen LogP contribution in [0.4, 0.5) is 5.69 Å². The third kappa shape index (κ3) is 2.31. The second-order valence-corrected chi connectivity index (χ2v) is 6.48. The van der Waals surface area contributed by atoms with Crippen LogP contribution in [0.1, 0.15) is 31.9 Å². The Kier molecular flexibility index (Phi) is 3.04. The molecular formula is C17H19N3O. The molecule has 2 heterocycles. The molecule has 0 atom stereocenters. The van der Waals surface area contributed by atoms with E-state index < -0.39 is 0 Å². The van der Waals surface area contributed by atoms with E-state index in [0.717, 1.165) is 22.4 Å². The monoisotopic (exact) mass is 281 g/mol.